The van der Waals surface area contributed by atoms with Gasteiger partial charge in [-0.05, 0) is 12.3 Å². The van der Waals surface area contributed by atoms with Crippen LogP contribution >= 0.6 is 0 Å². The van der Waals surface area contributed by atoms with Crippen molar-refractivity contribution in [1.29, 1.82) is 0 Å². The number of carboxylic acids is 1. The van der Waals surface area contributed by atoms with Gasteiger partial charge in [0.2, 0.25) is 0 Å². The summed E-state index contributed by atoms with van der Waals surface area (Å²) in [5, 5.41) is 8.53. The van der Waals surface area contributed by atoms with Crippen molar-refractivity contribution in [3.8, 4) is 0 Å². The molecule has 0 aliphatic heterocycles. The summed E-state index contributed by atoms with van der Waals surface area (Å²) in [6.45, 7) is 9.92. The molecule has 0 amide bonds. The third kappa shape index (κ3) is 7.58. The molecule has 74 valence electrons. The zero-order valence-electron chi connectivity index (χ0n) is 8.92. The average molecular weight is 174 g/mol. The molecule has 0 saturated heterocycles. The van der Waals surface area contributed by atoms with Crippen LogP contribution in [0.15, 0.2) is 0 Å². The van der Waals surface area contributed by atoms with Gasteiger partial charge in [-0.15, -0.1) is 0 Å². The Hall–Kier alpha value is -0.530. The fraction of sp³-hybridized carbons (Fsp3) is 0.900. The molecule has 0 aromatic heterocycles. The van der Waals surface area contributed by atoms with E-state index in [1.807, 2.05) is 13.8 Å². The second kappa shape index (κ2) is 8.57. The van der Waals surface area contributed by atoms with Crippen molar-refractivity contribution >= 4 is 5.97 Å². The van der Waals surface area contributed by atoms with Crippen LogP contribution in [0, 0.1) is 11.8 Å². The van der Waals surface area contributed by atoms with Gasteiger partial charge in [-0.25, -0.2) is 0 Å². The molecule has 0 heterocycles. The minimum atomic E-state index is -0.680. The summed E-state index contributed by atoms with van der Waals surface area (Å²) in [5.41, 5.74) is 0. The summed E-state index contributed by atoms with van der Waals surface area (Å²) < 4.78 is 0. The molecule has 0 radical (unpaired) electrons. The first-order chi connectivity index (χ1) is 5.57. The number of hydrogen-bond donors (Lipinski definition) is 1. The van der Waals surface area contributed by atoms with Gasteiger partial charge in [-0.3, -0.25) is 4.79 Å². The largest absolute Gasteiger partial charge is 0.481 e. The van der Waals surface area contributed by atoms with Gasteiger partial charge in [0.05, 0.1) is 5.92 Å². The Morgan fingerprint density at radius 3 is 2.00 bits per heavy atom. The lowest BCUT2D eigenvalue weighted by Crippen LogP contribution is -2.12. The molecule has 12 heavy (non-hydrogen) atoms. The predicted molar refractivity (Wildman–Crippen MR) is 52.2 cm³/mol. The minimum absolute atomic E-state index is 0.185. The van der Waals surface area contributed by atoms with Crippen molar-refractivity contribution in [3.63, 3.8) is 0 Å². The Morgan fingerprint density at radius 2 is 1.75 bits per heavy atom. The van der Waals surface area contributed by atoms with Crippen LogP contribution in [0.4, 0.5) is 0 Å². The fourth-order valence-electron chi connectivity index (χ4n) is 0.871. The number of rotatable bonds is 4. The zero-order valence-corrected chi connectivity index (χ0v) is 8.92. The van der Waals surface area contributed by atoms with Crippen LogP contribution in [0.2, 0.25) is 0 Å². The van der Waals surface area contributed by atoms with Gasteiger partial charge >= 0.3 is 5.97 Å². The molecule has 0 aromatic rings. The lowest BCUT2D eigenvalue weighted by molar-refractivity contribution is -0.141. The molecule has 0 rings (SSSR count). The molecule has 0 aliphatic carbocycles. The zero-order chi connectivity index (χ0) is 10.1. The molecule has 2 nitrogen and oxygen atoms in total. The van der Waals surface area contributed by atoms with Gasteiger partial charge in [-0.2, -0.15) is 0 Å². The Bertz CT molecular complexity index is 110. The van der Waals surface area contributed by atoms with Crippen LogP contribution < -0.4 is 0 Å². The number of carbonyl (C=O) groups is 1. The van der Waals surface area contributed by atoms with Crippen molar-refractivity contribution < 1.29 is 9.90 Å². The maximum absolute atomic E-state index is 10.4. The van der Waals surface area contributed by atoms with E-state index < -0.39 is 5.97 Å². The molecule has 0 bridgehead atoms. The topological polar surface area (TPSA) is 37.3 Å². The van der Waals surface area contributed by atoms with E-state index in [0.717, 1.165) is 12.8 Å². The monoisotopic (exact) mass is 174 g/mol. The molecule has 2 heteroatoms. The maximum Gasteiger partial charge on any atom is 0.306 e. The second-order valence-corrected chi connectivity index (χ2v) is 2.99. The van der Waals surface area contributed by atoms with Crippen LogP contribution in [0.5, 0.6) is 0 Å². The van der Waals surface area contributed by atoms with E-state index in [4.69, 9.17) is 5.11 Å². The molecular formula is C10H22O2. The Kier molecular flexibility index (Phi) is 10.0. The van der Waals surface area contributed by atoms with Gasteiger partial charge in [0.25, 0.3) is 0 Å². The summed E-state index contributed by atoms with van der Waals surface area (Å²) in [6.07, 6.45) is 1.86. The van der Waals surface area contributed by atoms with E-state index in [1.54, 1.807) is 6.92 Å². The highest BCUT2D eigenvalue weighted by atomic mass is 16.4. The molecule has 0 aromatic carbocycles. The molecule has 0 aliphatic rings. The molecule has 1 unspecified atom stereocenters. The fourth-order valence-corrected chi connectivity index (χ4v) is 0.871. The first-order valence-corrected chi connectivity index (χ1v) is 4.80. The van der Waals surface area contributed by atoms with E-state index in [1.165, 1.54) is 0 Å². The Morgan fingerprint density at radius 1 is 1.33 bits per heavy atom. The Labute approximate surface area is 76.0 Å². The first-order valence-electron chi connectivity index (χ1n) is 4.80. The van der Waals surface area contributed by atoms with Gasteiger partial charge < -0.3 is 5.11 Å². The van der Waals surface area contributed by atoms with Crippen molar-refractivity contribution in [2.75, 3.05) is 0 Å². The quantitative estimate of drug-likeness (QED) is 0.710. The smallest absolute Gasteiger partial charge is 0.306 e. The highest BCUT2D eigenvalue weighted by molar-refractivity contribution is 5.69. The van der Waals surface area contributed by atoms with Crippen molar-refractivity contribution in [1.82, 2.24) is 0 Å². The van der Waals surface area contributed by atoms with Gasteiger partial charge in [0.15, 0.2) is 0 Å². The first kappa shape index (κ1) is 14.0. The summed E-state index contributed by atoms with van der Waals surface area (Å²) in [4.78, 5) is 10.4. The highest BCUT2D eigenvalue weighted by Crippen LogP contribution is 2.14. The number of aliphatic carboxylic acids is 1. The summed E-state index contributed by atoms with van der Waals surface area (Å²) in [7, 11) is 0. The third-order valence-electron chi connectivity index (χ3n) is 1.87. The van der Waals surface area contributed by atoms with Crippen LogP contribution in [0.1, 0.15) is 47.5 Å². The minimum Gasteiger partial charge on any atom is -0.481 e. The molecule has 0 saturated carbocycles. The third-order valence-corrected chi connectivity index (χ3v) is 1.87. The molecule has 2 atom stereocenters. The van der Waals surface area contributed by atoms with E-state index in [-0.39, 0.29) is 5.92 Å². The lowest BCUT2D eigenvalue weighted by Gasteiger charge is -2.10. The van der Waals surface area contributed by atoms with Crippen LogP contribution in [0.3, 0.4) is 0 Å². The lowest BCUT2D eigenvalue weighted by atomic mass is 9.96. The van der Waals surface area contributed by atoms with Gasteiger partial charge in [0.1, 0.15) is 0 Å². The van der Waals surface area contributed by atoms with Crippen LogP contribution in [-0.2, 0) is 4.79 Å². The van der Waals surface area contributed by atoms with Gasteiger partial charge in [0, 0.05) is 0 Å². The molecule has 1 N–H and O–H groups in total. The number of hydrogen-bond acceptors (Lipinski definition) is 1. The van der Waals surface area contributed by atoms with E-state index in [9.17, 15) is 4.79 Å². The molecule has 0 spiro atoms. The predicted octanol–water partition coefficient (Wildman–Crippen LogP) is 3.17. The summed E-state index contributed by atoms with van der Waals surface area (Å²) in [6, 6.07) is 0. The number of carboxylic acid groups (broad SMARTS) is 1. The van der Waals surface area contributed by atoms with Crippen LogP contribution in [-0.4, -0.2) is 11.1 Å². The molecule has 0 fully saturated rings. The van der Waals surface area contributed by atoms with Crippen molar-refractivity contribution in [2.45, 2.75) is 47.5 Å². The highest BCUT2D eigenvalue weighted by Gasteiger charge is 2.13. The van der Waals surface area contributed by atoms with E-state index in [0.29, 0.717) is 5.92 Å². The van der Waals surface area contributed by atoms with E-state index in [2.05, 4.69) is 13.8 Å². The normalized spacial score (nSPS) is 14.1. The van der Waals surface area contributed by atoms with Gasteiger partial charge in [-0.1, -0.05) is 41.0 Å². The molecular weight excluding hydrogens is 152 g/mol. The summed E-state index contributed by atoms with van der Waals surface area (Å²) >= 11 is 0. The van der Waals surface area contributed by atoms with Crippen molar-refractivity contribution in [2.24, 2.45) is 11.8 Å². The van der Waals surface area contributed by atoms with E-state index >= 15 is 0 Å². The average Bonchev–Trinajstić information content (AvgIpc) is 2.07. The second-order valence-electron chi connectivity index (χ2n) is 2.99. The standard InChI is InChI=1S/C8H16O2.C2H6/c1-4-6(2)5-7(3)8(9)10;1-2/h6-7H,4-5H2,1-3H3,(H,9,10);1-2H3/t6?,7-;/m1./s1. The van der Waals surface area contributed by atoms with Crippen molar-refractivity contribution in [3.05, 3.63) is 0 Å². The Balaban J connectivity index is 0. The maximum atomic E-state index is 10.4. The summed E-state index contributed by atoms with van der Waals surface area (Å²) in [5.74, 6) is -0.332. The van der Waals surface area contributed by atoms with Crippen LogP contribution in [0.25, 0.3) is 0 Å². The SMILES string of the molecule is CC.CCC(C)C[C@@H](C)C(=O)O.